The quantitative estimate of drug-likeness (QED) is 0.265. The van der Waals surface area contributed by atoms with E-state index in [9.17, 15) is 4.79 Å². The third kappa shape index (κ3) is 6.90. The fourth-order valence-electron chi connectivity index (χ4n) is 1.41. The van der Waals surface area contributed by atoms with E-state index < -0.39 is 8.80 Å². The van der Waals surface area contributed by atoms with Crippen LogP contribution >= 0.6 is 0 Å². The molecule has 0 bridgehead atoms. The van der Waals surface area contributed by atoms with Crippen LogP contribution in [-0.4, -0.2) is 42.7 Å². The van der Waals surface area contributed by atoms with Crippen molar-refractivity contribution >= 4 is 14.8 Å². The predicted molar refractivity (Wildman–Crippen MR) is 71.2 cm³/mol. The first-order valence-electron chi connectivity index (χ1n) is 6.12. The lowest BCUT2D eigenvalue weighted by atomic mass is 10.3. The van der Waals surface area contributed by atoms with E-state index in [1.165, 1.54) is 6.08 Å². The smallest absolute Gasteiger partial charge is 0.463 e. The summed E-state index contributed by atoms with van der Waals surface area (Å²) in [5.41, 5.74) is 0. The Morgan fingerprint density at radius 1 is 1.17 bits per heavy atom. The zero-order valence-corrected chi connectivity index (χ0v) is 12.7. The SMILES string of the molecule is CCCC=CC(=O)OCCC[Si](OC)(OC)OC. The summed E-state index contributed by atoms with van der Waals surface area (Å²) in [4.78, 5) is 11.3. The second-order valence-corrected chi connectivity index (χ2v) is 6.85. The Bertz CT molecular complexity index is 243. The first kappa shape index (κ1) is 17.3. The molecule has 18 heavy (non-hydrogen) atoms. The van der Waals surface area contributed by atoms with Crippen molar-refractivity contribution in [3.63, 3.8) is 0 Å². The maximum atomic E-state index is 11.3. The van der Waals surface area contributed by atoms with Gasteiger partial charge in [0, 0.05) is 33.4 Å². The predicted octanol–water partition coefficient (Wildman–Crippen LogP) is 2.15. The Morgan fingerprint density at radius 2 is 1.78 bits per heavy atom. The van der Waals surface area contributed by atoms with Crippen LogP contribution in [0.1, 0.15) is 26.2 Å². The van der Waals surface area contributed by atoms with E-state index in [2.05, 4.69) is 6.92 Å². The molecular formula is C12H24O5Si. The number of hydrogen-bond acceptors (Lipinski definition) is 5. The molecular weight excluding hydrogens is 252 g/mol. The molecule has 0 rings (SSSR count). The van der Waals surface area contributed by atoms with Crippen molar-refractivity contribution in [1.82, 2.24) is 0 Å². The lowest BCUT2D eigenvalue weighted by Gasteiger charge is -2.23. The molecule has 0 aliphatic carbocycles. The van der Waals surface area contributed by atoms with Crippen LogP contribution in [0, 0.1) is 0 Å². The summed E-state index contributed by atoms with van der Waals surface area (Å²) < 4.78 is 20.8. The second kappa shape index (κ2) is 10.2. The highest BCUT2D eigenvalue weighted by molar-refractivity contribution is 6.60. The van der Waals surface area contributed by atoms with Gasteiger partial charge in [0.15, 0.2) is 0 Å². The van der Waals surface area contributed by atoms with Gasteiger partial charge in [-0.15, -0.1) is 0 Å². The fraction of sp³-hybridized carbons (Fsp3) is 0.750. The average Bonchev–Trinajstić information content (AvgIpc) is 2.40. The Kier molecular flexibility index (Phi) is 9.86. The van der Waals surface area contributed by atoms with E-state index in [0.717, 1.165) is 12.8 Å². The largest absolute Gasteiger partial charge is 0.500 e. The third-order valence-corrected chi connectivity index (χ3v) is 5.35. The van der Waals surface area contributed by atoms with Crippen molar-refractivity contribution in [1.29, 1.82) is 0 Å². The minimum atomic E-state index is -2.53. The molecule has 0 aromatic heterocycles. The number of esters is 1. The minimum Gasteiger partial charge on any atom is -0.463 e. The van der Waals surface area contributed by atoms with Crippen molar-refractivity contribution in [2.45, 2.75) is 32.2 Å². The molecule has 0 fully saturated rings. The van der Waals surface area contributed by atoms with Gasteiger partial charge in [0.05, 0.1) is 6.61 Å². The van der Waals surface area contributed by atoms with Crippen LogP contribution in [0.4, 0.5) is 0 Å². The summed E-state index contributed by atoms with van der Waals surface area (Å²) in [5, 5.41) is 0. The van der Waals surface area contributed by atoms with Gasteiger partial charge in [0.2, 0.25) is 0 Å². The number of carbonyl (C=O) groups excluding carboxylic acids is 1. The molecule has 0 aliphatic rings. The second-order valence-electron chi connectivity index (χ2n) is 3.76. The van der Waals surface area contributed by atoms with Crippen LogP contribution in [0.25, 0.3) is 0 Å². The first-order chi connectivity index (χ1) is 8.64. The van der Waals surface area contributed by atoms with Crippen LogP contribution in [0.5, 0.6) is 0 Å². The number of rotatable bonds is 10. The van der Waals surface area contributed by atoms with Gasteiger partial charge in [0.1, 0.15) is 0 Å². The minimum absolute atomic E-state index is 0.303. The first-order valence-corrected chi connectivity index (χ1v) is 8.06. The van der Waals surface area contributed by atoms with E-state index in [4.69, 9.17) is 18.0 Å². The topological polar surface area (TPSA) is 54.0 Å². The fourth-order valence-corrected chi connectivity index (χ4v) is 3.10. The maximum absolute atomic E-state index is 11.3. The van der Waals surface area contributed by atoms with Gasteiger partial charge < -0.3 is 18.0 Å². The van der Waals surface area contributed by atoms with E-state index in [0.29, 0.717) is 19.1 Å². The molecule has 5 nitrogen and oxygen atoms in total. The van der Waals surface area contributed by atoms with Gasteiger partial charge in [-0.3, -0.25) is 0 Å². The Labute approximate surface area is 110 Å². The van der Waals surface area contributed by atoms with E-state index in [-0.39, 0.29) is 5.97 Å². The van der Waals surface area contributed by atoms with Gasteiger partial charge in [-0.2, -0.15) is 0 Å². The maximum Gasteiger partial charge on any atom is 0.500 e. The summed E-state index contributed by atoms with van der Waals surface area (Å²) in [6, 6.07) is 0.627. The van der Waals surface area contributed by atoms with Crippen molar-refractivity contribution in [3.05, 3.63) is 12.2 Å². The molecule has 0 spiro atoms. The molecule has 0 aromatic carbocycles. The van der Waals surface area contributed by atoms with E-state index >= 15 is 0 Å². The zero-order valence-electron chi connectivity index (χ0n) is 11.7. The van der Waals surface area contributed by atoms with Crippen molar-refractivity contribution in [2.24, 2.45) is 0 Å². The normalized spacial score (nSPS) is 12.0. The van der Waals surface area contributed by atoms with Crippen LogP contribution in [0.15, 0.2) is 12.2 Å². The van der Waals surface area contributed by atoms with Crippen molar-refractivity contribution in [2.75, 3.05) is 27.9 Å². The standard InChI is InChI=1S/C12H24O5Si/c1-5-6-7-9-12(13)17-10-8-11-18(14-2,15-3)16-4/h7,9H,5-6,8,10-11H2,1-4H3. The highest BCUT2D eigenvalue weighted by Gasteiger charge is 2.36. The molecule has 0 atom stereocenters. The Balaban J connectivity index is 3.81. The summed E-state index contributed by atoms with van der Waals surface area (Å²) in [6.07, 6.45) is 5.86. The van der Waals surface area contributed by atoms with Gasteiger partial charge in [0.25, 0.3) is 0 Å². The molecule has 0 unspecified atom stereocenters. The number of allylic oxidation sites excluding steroid dienone is 1. The molecule has 0 saturated heterocycles. The van der Waals surface area contributed by atoms with Crippen LogP contribution < -0.4 is 0 Å². The van der Waals surface area contributed by atoms with Crippen LogP contribution in [0.2, 0.25) is 6.04 Å². The monoisotopic (exact) mass is 276 g/mol. The lowest BCUT2D eigenvalue weighted by molar-refractivity contribution is -0.137. The van der Waals surface area contributed by atoms with Gasteiger partial charge in [-0.05, 0) is 12.8 Å². The zero-order chi connectivity index (χ0) is 13.9. The van der Waals surface area contributed by atoms with Crippen LogP contribution in [-0.2, 0) is 22.8 Å². The number of hydrogen-bond donors (Lipinski definition) is 0. The van der Waals surface area contributed by atoms with E-state index in [1.807, 2.05) is 6.08 Å². The summed E-state index contributed by atoms with van der Waals surface area (Å²) in [5.74, 6) is -0.303. The summed E-state index contributed by atoms with van der Waals surface area (Å²) in [7, 11) is 2.17. The number of carbonyl (C=O) groups is 1. The molecule has 106 valence electrons. The molecule has 0 N–H and O–H groups in total. The summed E-state index contributed by atoms with van der Waals surface area (Å²) in [6.45, 7) is 2.40. The van der Waals surface area contributed by atoms with Crippen molar-refractivity contribution in [3.8, 4) is 0 Å². The molecule has 6 heteroatoms. The molecule has 0 saturated carbocycles. The highest BCUT2D eigenvalue weighted by Crippen LogP contribution is 2.14. The molecule has 0 radical (unpaired) electrons. The average molecular weight is 276 g/mol. The lowest BCUT2D eigenvalue weighted by Crippen LogP contribution is -2.42. The van der Waals surface area contributed by atoms with Gasteiger partial charge in [-0.25, -0.2) is 4.79 Å². The molecule has 0 heterocycles. The highest BCUT2D eigenvalue weighted by atomic mass is 28.4. The van der Waals surface area contributed by atoms with Gasteiger partial charge in [-0.1, -0.05) is 19.4 Å². The van der Waals surface area contributed by atoms with E-state index in [1.54, 1.807) is 21.3 Å². The van der Waals surface area contributed by atoms with Gasteiger partial charge >= 0.3 is 14.8 Å². The number of ether oxygens (including phenoxy) is 1. The molecule has 0 aromatic rings. The Morgan fingerprint density at radius 3 is 2.28 bits per heavy atom. The van der Waals surface area contributed by atoms with Crippen LogP contribution in [0.3, 0.4) is 0 Å². The Hall–Kier alpha value is -0.693. The number of unbranched alkanes of at least 4 members (excludes halogenated alkanes) is 1. The molecule has 0 amide bonds. The van der Waals surface area contributed by atoms with Crippen molar-refractivity contribution < 1.29 is 22.8 Å². The molecule has 0 aliphatic heterocycles. The third-order valence-electron chi connectivity index (χ3n) is 2.51. The summed E-state index contributed by atoms with van der Waals surface area (Å²) >= 11 is 0.